The summed E-state index contributed by atoms with van der Waals surface area (Å²) in [5.74, 6) is 0.592. The van der Waals surface area contributed by atoms with Crippen molar-refractivity contribution in [2.45, 2.75) is 27.7 Å². The molecule has 1 N–H and O–H groups in total. The second-order valence-electron chi connectivity index (χ2n) is 6.14. The number of benzene rings is 2. The second-order valence-corrected chi connectivity index (χ2v) is 6.14. The van der Waals surface area contributed by atoms with Crippen LogP contribution in [0.25, 0.3) is 0 Å². The first-order valence-electron chi connectivity index (χ1n) is 8.88. The summed E-state index contributed by atoms with van der Waals surface area (Å²) < 4.78 is 5.91. The van der Waals surface area contributed by atoms with Crippen LogP contribution < -0.4 is 10.1 Å². The van der Waals surface area contributed by atoms with Crippen molar-refractivity contribution in [1.29, 1.82) is 0 Å². The van der Waals surface area contributed by atoms with Crippen molar-refractivity contribution < 1.29 is 9.53 Å². The third kappa shape index (κ3) is 5.33. The van der Waals surface area contributed by atoms with Crippen molar-refractivity contribution in [3.8, 4) is 5.75 Å². The van der Waals surface area contributed by atoms with Crippen molar-refractivity contribution in [3.63, 3.8) is 0 Å². The molecule has 0 saturated heterocycles. The number of likely N-dealkylation sites (N-methyl/N-ethyl adjacent to an activating group) is 1. The minimum atomic E-state index is -0.110. The van der Waals surface area contributed by atoms with Gasteiger partial charge in [-0.3, -0.25) is 4.79 Å². The topological polar surface area (TPSA) is 41.6 Å². The van der Waals surface area contributed by atoms with Gasteiger partial charge in [-0.2, -0.15) is 0 Å². The first kappa shape index (κ1) is 19.0. The molecule has 1 amide bonds. The number of amides is 1. The van der Waals surface area contributed by atoms with Crippen LogP contribution >= 0.6 is 0 Å². The number of rotatable bonds is 8. The lowest BCUT2D eigenvalue weighted by Gasteiger charge is -2.19. The molecule has 2 aromatic carbocycles. The summed E-state index contributed by atoms with van der Waals surface area (Å²) in [6.07, 6.45) is 0. The molecular weight excluding hydrogens is 312 g/mol. The zero-order valence-electron chi connectivity index (χ0n) is 15.6. The summed E-state index contributed by atoms with van der Waals surface area (Å²) in [7, 11) is 0. The van der Waals surface area contributed by atoms with Gasteiger partial charge in [-0.25, -0.2) is 0 Å². The van der Waals surface area contributed by atoms with Gasteiger partial charge in [0, 0.05) is 12.1 Å². The molecule has 0 fully saturated rings. The number of anilines is 1. The van der Waals surface area contributed by atoms with E-state index in [9.17, 15) is 4.79 Å². The zero-order chi connectivity index (χ0) is 18.2. The quantitative estimate of drug-likeness (QED) is 0.780. The predicted molar refractivity (Wildman–Crippen MR) is 104 cm³/mol. The Morgan fingerprint density at radius 1 is 1.08 bits per heavy atom. The van der Waals surface area contributed by atoms with Gasteiger partial charge in [-0.05, 0) is 50.7 Å². The highest BCUT2D eigenvalue weighted by molar-refractivity contribution is 6.06. The van der Waals surface area contributed by atoms with Gasteiger partial charge < -0.3 is 15.0 Å². The van der Waals surface area contributed by atoms with Gasteiger partial charge in [0.1, 0.15) is 12.4 Å². The van der Waals surface area contributed by atoms with E-state index in [2.05, 4.69) is 24.1 Å². The van der Waals surface area contributed by atoms with Gasteiger partial charge in [0.25, 0.3) is 5.91 Å². The van der Waals surface area contributed by atoms with Crippen LogP contribution in [0.15, 0.2) is 42.5 Å². The first-order chi connectivity index (χ1) is 12.0. The SMILES string of the molecule is CCN(CC)CCOc1ccccc1NC(=O)c1cc(C)ccc1C. The Morgan fingerprint density at radius 3 is 2.52 bits per heavy atom. The lowest BCUT2D eigenvalue weighted by Crippen LogP contribution is -2.28. The summed E-state index contributed by atoms with van der Waals surface area (Å²) in [5.41, 5.74) is 3.42. The smallest absolute Gasteiger partial charge is 0.256 e. The molecule has 0 saturated carbocycles. The molecule has 0 aliphatic carbocycles. The summed E-state index contributed by atoms with van der Waals surface area (Å²) in [4.78, 5) is 14.9. The van der Waals surface area contributed by atoms with Crippen LogP contribution in [-0.4, -0.2) is 37.0 Å². The minimum Gasteiger partial charge on any atom is -0.490 e. The van der Waals surface area contributed by atoms with Crippen LogP contribution in [0.1, 0.15) is 35.3 Å². The Morgan fingerprint density at radius 2 is 1.80 bits per heavy atom. The molecule has 0 spiro atoms. The molecule has 0 unspecified atom stereocenters. The maximum Gasteiger partial charge on any atom is 0.256 e. The number of aryl methyl sites for hydroxylation is 2. The number of nitrogens with one attached hydrogen (secondary N) is 1. The fourth-order valence-corrected chi connectivity index (χ4v) is 2.69. The normalized spacial score (nSPS) is 10.8. The summed E-state index contributed by atoms with van der Waals surface area (Å²) >= 11 is 0. The van der Waals surface area contributed by atoms with Crippen LogP contribution in [-0.2, 0) is 0 Å². The highest BCUT2D eigenvalue weighted by atomic mass is 16.5. The average molecular weight is 340 g/mol. The summed E-state index contributed by atoms with van der Waals surface area (Å²) in [6.45, 7) is 11.7. The van der Waals surface area contributed by atoms with Crippen LogP contribution in [0.4, 0.5) is 5.69 Å². The Balaban J connectivity index is 2.07. The molecule has 25 heavy (non-hydrogen) atoms. The Labute approximate surface area is 150 Å². The number of para-hydroxylation sites is 2. The fraction of sp³-hybridized carbons (Fsp3) is 0.381. The number of carbonyl (C=O) groups excluding carboxylic acids is 1. The average Bonchev–Trinajstić information content (AvgIpc) is 2.62. The molecule has 0 aliphatic heterocycles. The third-order valence-corrected chi connectivity index (χ3v) is 4.33. The molecule has 0 bridgehead atoms. The highest BCUT2D eigenvalue weighted by Gasteiger charge is 2.12. The maximum absolute atomic E-state index is 12.6. The van der Waals surface area contributed by atoms with Crippen molar-refractivity contribution in [2.24, 2.45) is 0 Å². The van der Waals surface area contributed by atoms with E-state index < -0.39 is 0 Å². The second kappa shape index (κ2) is 9.23. The number of hydrogen-bond acceptors (Lipinski definition) is 3. The fourth-order valence-electron chi connectivity index (χ4n) is 2.69. The van der Waals surface area contributed by atoms with E-state index >= 15 is 0 Å². The van der Waals surface area contributed by atoms with E-state index in [1.54, 1.807) is 0 Å². The third-order valence-electron chi connectivity index (χ3n) is 4.33. The van der Waals surface area contributed by atoms with Crippen molar-refractivity contribution in [1.82, 2.24) is 4.90 Å². The largest absolute Gasteiger partial charge is 0.490 e. The number of ether oxygens (including phenoxy) is 1. The van der Waals surface area contributed by atoms with E-state index in [0.29, 0.717) is 23.6 Å². The zero-order valence-corrected chi connectivity index (χ0v) is 15.6. The van der Waals surface area contributed by atoms with Gasteiger partial charge in [0.05, 0.1) is 5.69 Å². The molecule has 4 heteroatoms. The van der Waals surface area contributed by atoms with Crippen LogP contribution in [0.3, 0.4) is 0 Å². The lowest BCUT2D eigenvalue weighted by molar-refractivity contribution is 0.102. The van der Waals surface area contributed by atoms with Crippen molar-refractivity contribution >= 4 is 11.6 Å². The molecule has 134 valence electrons. The molecule has 0 atom stereocenters. The number of carbonyl (C=O) groups is 1. The molecule has 2 aromatic rings. The molecule has 0 heterocycles. The van der Waals surface area contributed by atoms with Gasteiger partial charge in [0.2, 0.25) is 0 Å². The van der Waals surface area contributed by atoms with Crippen LogP contribution in [0, 0.1) is 13.8 Å². The van der Waals surface area contributed by atoms with E-state index in [1.165, 1.54) is 0 Å². The summed E-state index contributed by atoms with van der Waals surface area (Å²) in [6, 6.07) is 13.5. The van der Waals surface area contributed by atoms with Crippen LogP contribution in [0.2, 0.25) is 0 Å². The van der Waals surface area contributed by atoms with Crippen molar-refractivity contribution in [2.75, 3.05) is 31.6 Å². The number of nitrogens with zero attached hydrogens (tertiary/aromatic N) is 1. The first-order valence-corrected chi connectivity index (χ1v) is 8.88. The van der Waals surface area contributed by atoms with Crippen molar-refractivity contribution in [3.05, 3.63) is 59.2 Å². The molecule has 4 nitrogen and oxygen atoms in total. The van der Waals surface area contributed by atoms with Crippen LogP contribution in [0.5, 0.6) is 5.75 Å². The van der Waals surface area contributed by atoms with Gasteiger partial charge >= 0.3 is 0 Å². The Bertz CT molecular complexity index is 709. The van der Waals surface area contributed by atoms with Gasteiger partial charge in [0.15, 0.2) is 0 Å². The molecule has 0 aromatic heterocycles. The lowest BCUT2D eigenvalue weighted by atomic mass is 10.0. The standard InChI is InChI=1S/C21H28N2O2/c1-5-23(6-2)13-14-25-20-10-8-7-9-19(20)22-21(24)18-15-16(3)11-12-17(18)4/h7-12,15H,5-6,13-14H2,1-4H3,(H,22,24). The van der Waals surface area contributed by atoms with Gasteiger partial charge in [-0.1, -0.05) is 43.7 Å². The molecular formula is C21H28N2O2. The minimum absolute atomic E-state index is 0.110. The van der Waals surface area contributed by atoms with Gasteiger partial charge in [-0.15, -0.1) is 0 Å². The monoisotopic (exact) mass is 340 g/mol. The molecule has 0 aliphatic rings. The number of hydrogen-bond donors (Lipinski definition) is 1. The van der Waals surface area contributed by atoms with E-state index in [1.807, 2.05) is 56.3 Å². The molecule has 2 rings (SSSR count). The Hall–Kier alpha value is -2.33. The van der Waals surface area contributed by atoms with E-state index in [4.69, 9.17) is 4.74 Å². The maximum atomic E-state index is 12.6. The van der Waals surface area contributed by atoms with E-state index in [0.717, 1.165) is 30.8 Å². The Kier molecular flexibility index (Phi) is 7.02. The van der Waals surface area contributed by atoms with E-state index in [-0.39, 0.29) is 5.91 Å². The predicted octanol–water partition coefficient (Wildman–Crippen LogP) is 4.28. The summed E-state index contributed by atoms with van der Waals surface area (Å²) in [5, 5.41) is 2.98. The highest BCUT2D eigenvalue weighted by Crippen LogP contribution is 2.25. The molecule has 0 radical (unpaired) electrons.